The topological polar surface area (TPSA) is 97.8 Å². The molecular weight excluding hydrogens is 206 g/mol. The van der Waals surface area contributed by atoms with Crippen LogP contribution in [0.15, 0.2) is 24.8 Å². The molecule has 6 nitrogen and oxygen atoms in total. The van der Waals surface area contributed by atoms with Gasteiger partial charge in [0.15, 0.2) is 5.75 Å². The lowest BCUT2D eigenvalue weighted by molar-refractivity contribution is 0.483. The highest BCUT2D eigenvalue weighted by molar-refractivity contribution is 6.09. The van der Waals surface area contributed by atoms with Gasteiger partial charge in [-0.25, -0.2) is 4.98 Å². The number of anilines is 1. The van der Waals surface area contributed by atoms with Gasteiger partial charge in [0.05, 0.1) is 0 Å². The normalized spacial score (nSPS) is 11.0. The summed E-state index contributed by atoms with van der Waals surface area (Å²) in [6, 6.07) is 0. The summed E-state index contributed by atoms with van der Waals surface area (Å²) >= 11 is 0. The number of hydrogen-bond donors (Lipinski definition) is 2. The van der Waals surface area contributed by atoms with Crippen molar-refractivity contribution in [2.75, 3.05) is 5.73 Å². The number of rotatable bonds is 0. The van der Waals surface area contributed by atoms with Crippen LogP contribution in [0.25, 0.3) is 22.1 Å². The monoisotopic (exact) mass is 213 g/mol. The van der Waals surface area contributed by atoms with Crippen molar-refractivity contribution in [2.24, 2.45) is 0 Å². The molecule has 6 heteroatoms. The van der Waals surface area contributed by atoms with E-state index in [4.69, 9.17) is 5.73 Å². The lowest BCUT2D eigenvalue weighted by atomic mass is 10.2. The first-order valence-corrected chi connectivity index (χ1v) is 4.61. The highest BCUT2D eigenvalue weighted by atomic mass is 16.3. The predicted octanol–water partition coefficient (Wildman–Crippen LogP) is 0.861. The molecule has 2 heterocycles. The second-order valence-electron chi connectivity index (χ2n) is 3.27. The summed E-state index contributed by atoms with van der Waals surface area (Å²) in [6.07, 6.45) is 6.09. The minimum absolute atomic E-state index is 0.101. The molecule has 2 aromatic heterocycles. The Balaban J connectivity index is 2.69. The first kappa shape index (κ1) is 8.78. The van der Waals surface area contributed by atoms with Crippen molar-refractivity contribution >= 4 is 27.8 Å². The molecule has 3 rings (SSSR count). The molecule has 0 amide bonds. The summed E-state index contributed by atoms with van der Waals surface area (Å²) in [7, 11) is 0. The van der Waals surface area contributed by atoms with E-state index in [2.05, 4.69) is 19.9 Å². The third-order valence-corrected chi connectivity index (χ3v) is 2.36. The van der Waals surface area contributed by atoms with Gasteiger partial charge in [0.1, 0.15) is 27.8 Å². The molecule has 0 saturated heterocycles. The van der Waals surface area contributed by atoms with Gasteiger partial charge in [0, 0.05) is 24.8 Å². The number of nitrogens with two attached hydrogens (primary N) is 1. The number of nitrogens with zero attached hydrogens (tertiary/aromatic N) is 4. The Morgan fingerprint density at radius 1 is 0.750 bits per heavy atom. The Kier molecular flexibility index (Phi) is 1.64. The zero-order chi connectivity index (χ0) is 11.1. The standard InChI is InChI=1S/C10H7N5O/c11-5-6-7(13-2-1-12-6)8-9(10(5)16)15-4-3-14-8/h1-4,16H,11H2. The molecule has 0 unspecified atom stereocenters. The van der Waals surface area contributed by atoms with Gasteiger partial charge in [-0.15, -0.1) is 0 Å². The number of aromatic hydroxyl groups is 1. The molecule has 0 fully saturated rings. The molecule has 0 spiro atoms. The lowest BCUT2D eigenvalue weighted by Crippen LogP contribution is -1.96. The fraction of sp³-hybridized carbons (Fsp3) is 0. The molecule has 0 saturated carbocycles. The van der Waals surface area contributed by atoms with E-state index in [1.165, 1.54) is 18.6 Å². The van der Waals surface area contributed by atoms with Crippen LogP contribution in [0.2, 0.25) is 0 Å². The van der Waals surface area contributed by atoms with Crippen LogP contribution in [0.1, 0.15) is 0 Å². The van der Waals surface area contributed by atoms with Crippen molar-refractivity contribution in [2.45, 2.75) is 0 Å². The fourth-order valence-corrected chi connectivity index (χ4v) is 1.63. The number of phenols is 1. The quantitative estimate of drug-likeness (QED) is 0.326. The van der Waals surface area contributed by atoms with Gasteiger partial charge < -0.3 is 10.8 Å². The Labute approximate surface area is 89.8 Å². The molecule has 3 aromatic rings. The minimum atomic E-state index is -0.101. The van der Waals surface area contributed by atoms with Gasteiger partial charge in [-0.3, -0.25) is 15.0 Å². The second-order valence-corrected chi connectivity index (χ2v) is 3.27. The average Bonchev–Trinajstić information content (AvgIpc) is 2.36. The maximum absolute atomic E-state index is 9.86. The molecule has 16 heavy (non-hydrogen) atoms. The Hall–Kier alpha value is -2.50. The van der Waals surface area contributed by atoms with Crippen LogP contribution < -0.4 is 5.73 Å². The predicted molar refractivity (Wildman–Crippen MR) is 58.7 cm³/mol. The summed E-state index contributed by atoms with van der Waals surface area (Å²) in [5.74, 6) is -0.101. The number of nitrogen functional groups attached to an aromatic ring is 1. The van der Waals surface area contributed by atoms with Gasteiger partial charge in [-0.1, -0.05) is 0 Å². The van der Waals surface area contributed by atoms with Crippen LogP contribution in [-0.2, 0) is 0 Å². The van der Waals surface area contributed by atoms with E-state index in [1.807, 2.05) is 0 Å². The van der Waals surface area contributed by atoms with Crippen LogP contribution >= 0.6 is 0 Å². The van der Waals surface area contributed by atoms with Crippen molar-refractivity contribution < 1.29 is 5.11 Å². The Bertz CT molecular complexity index is 636. The third kappa shape index (κ3) is 1.01. The van der Waals surface area contributed by atoms with Gasteiger partial charge in [0.2, 0.25) is 0 Å². The molecule has 0 atom stereocenters. The van der Waals surface area contributed by atoms with Gasteiger partial charge in [-0.2, -0.15) is 0 Å². The number of hydrogen-bond acceptors (Lipinski definition) is 6. The Morgan fingerprint density at radius 3 is 1.81 bits per heavy atom. The van der Waals surface area contributed by atoms with E-state index in [0.29, 0.717) is 22.1 Å². The van der Waals surface area contributed by atoms with Crippen LogP contribution in [0.3, 0.4) is 0 Å². The number of fused-ring (bicyclic) bond motifs is 3. The van der Waals surface area contributed by atoms with Crippen molar-refractivity contribution in [3.05, 3.63) is 24.8 Å². The number of aromatic nitrogens is 4. The highest BCUT2D eigenvalue weighted by Gasteiger charge is 2.14. The summed E-state index contributed by atoms with van der Waals surface area (Å²) < 4.78 is 0. The summed E-state index contributed by atoms with van der Waals surface area (Å²) in [6.45, 7) is 0. The lowest BCUT2D eigenvalue weighted by Gasteiger charge is -2.06. The number of phenolic OH excluding ortho intramolecular Hbond substituents is 1. The highest BCUT2D eigenvalue weighted by Crippen LogP contribution is 2.34. The van der Waals surface area contributed by atoms with E-state index >= 15 is 0 Å². The summed E-state index contributed by atoms with van der Waals surface area (Å²) in [4.78, 5) is 16.4. The zero-order valence-corrected chi connectivity index (χ0v) is 8.12. The maximum atomic E-state index is 9.86. The molecule has 1 aromatic carbocycles. The van der Waals surface area contributed by atoms with Crippen molar-refractivity contribution in [1.82, 2.24) is 19.9 Å². The first-order valence-electron chi connectivity index (χ1n) is 4.61. The van der Waals surface area contributed by atoms with Crippen molar-refractivity contribution in [3.63, 3.8) is 0 Å². The third-order valence-electron chi connectivity index (χ3n) is 2.36. The summed E-state index contributed by atoms with van der Waals surface area (Å²) in [5, 5.41) is 9.86. The van der Waals surface area contributed by atoms with Crippen LogP contribution in [0.5, 0.6) is 5.75 Å². The molecular formula is C10H7N5O. The van der Waals surface area contributed by atoms with Crippen LogP contribution in [-0.4, -0.2) is 25.0 Å². The molecule has 0 aliphatic heterocycles. The second kappa shape index (κ2) is 2.99. The van der Waals surface area contributed by atoms with E-state index in [1.54, 1.807) is 6.20 Å². The van der Waals surface area contributed by atoms with Gasteiger partial charge in [0.25, 0.3) is 0 Å². The SMILES string of the molecule is Nc1c(O)c2nccnc2c2nccnc12. The molecule has 0 radical (unpaired) electrons. The van der Waals surface area contributed by atoms with E-state index in [0.717, 1.165) is 0 Å². The zero-order valence-electron chi connectivity index (χ0n) is 8.12. The van der Waals surface area contributed by atoms with Crippen molar-refractivity contribution in [3.8, 4) is 5.75 Å². The summed E-state index contributed by atoms with van der Waals surface area (Å²) in [5.41, 5.74) is 7.76. The molecule has 0 bridgehead atoms. The molecule has 3 N–H and O–H groups in total. The Morgan fingerprint density at radius 2 is 1.19 bits per heavy atom. The van der Waals surface area contributed by atoms with E-state index < -0.39 is 0 Å². The smallest absolute Gasteiger partial charge is 0.169 e. The van der Waals surface area contributed by atoms with E-state index in [9.17, 15) is 5.11 Å². The number of benzene rings is 1. The van der Waals surface area contributed by atoms with Crippen molar-refractivity contribution in [1.29, 1.82) is 0 Å². The largest absolute Gasteiger partial charge is 0.504 e. The fourth-order valence-electron chi connectivity index (χ4n) is 1.63. The molecule has 0 aliphatic carbocycles. The van der Waals surface area contributed by atoms with Gasteiger partial charge in [-0.05, 0) is 0 Å². The van der Waals surface area contributed by atoms with Crippen LogP contribution in [0.4, 0.5) is 5.69 Å². The average molecular weight is 213 g/mol. The first-order chi connectivity index (χ1) is 7.79. The van der Waals surface area contributed by atoms with Gasteiger partial charge >= 0.3 is 0 Å². The minimum Gasteiger partial charge on any atom is -0.504 e. The van der Waals surface area contributed by atoms with E-state index in [-0.39, 0.29) is 11.4 Å². The molecule has 0 aliphatic rings. The maximum Gasteiger partial charge on any atom is 0.169 e. The van der Waals surface area contributed by atoms with Crippen LogP contribution in [0, 0.1) is 0 Å². The molecule has 78 valence electrons.